The topological polar surface area (TPSA) is 0 Å². The summed E-state index contributed by atoms with van der Waals surface area (Å²) in [6.07, 6.45) is 0. The third kappa shape index (κ3) is 1.63. The lowest BCUT2D eigenvalue weighted by atomic mass is 10.3. The molecule has 1 aromatic carbocycles. The summed E-state index contributed by atoms with van der Waals surface area (Å²) in [5, 5.41) is -0.872. The van der Waals surface area contributed by atoms with Crippen molar-refractivity contribution in [3.05, 3.63) is 29.1 Å². The van der Waals surface area contributed by atoms with Gasteiger partial charge in [0.2, 0.25) is 5.82 Å². The van der Waals surface area contributed by atoms with Crippen LogP contribution in [0.3, 0.4) is 0 Å². The second-order valence-electron chi connectivity index (χ2n) is 2.60. The van der Waals surface area contributed by atoms with Gasteiger partial charge in [-0.15, -0.1) is 0 Å². The van der Waals surface area contributed by atoms with Crippen LogP contribution in [0.1, 0.15) is 0 Å². The van der Waals surface area contributed by atoms with Gasteiger partial charge in [0.1, 0.15) is 0 Å². The van der Waals surface area contributed by atoms with Crippen LogP contribution in [0.25, 0.3) is 0 Å². The molecule has 0 aromatic heterocycles. The number of benzene rings is 1. The molecule has 7 heteroatoms. The van der Waals surface area contributed by atoms with Crippen molar-refractivity contribution in [3.8, 4) is 0 Å². The normalized spacial score (nSPS) is 13.1. The first-order valence-corrected chi connectivity index (χ1v) is 7.01. The summed E-state index contributed by atoms with van der Waals surface area (Å²) >= 11 is 5.41. The van der Waals surface area contributed by atoms with Gasteiger partial charge in [0.25, 0.3) is 0 Å². The molecule has 0 fully saturated rings. The molecule has 0 saturated heterocycles. The average Bonchev–Trinajstić information content (AvgIpc) is 2.11. The second-order valence-corrected chi connectivity index (χ2v) is 6.37. The highest BCUT2D eigenvalue weighted by molar-refractivity contribution is 7.13. The van der Waals surface area contributed by atoms with Crippen LogP contribution in [-0.2, 0) is 0 Å². The molecule has 0 saturated carbocycles. The molecule has 0 aliphatic rings. The highest BCUT2D eigenvalue weighted by atomic mass is 35.6. The average molecular weight is 247 g/mol. The van der Waals surface area contributed by atoms with Crippen LogP contribution in [0.2, 0.25) is 6.55 Å². The van der Waals surface area contributed by atoms with Crippen LogP contribution in [0, 0.1) is 29.1 Å². The van der Waals surface area contributed by atoms with Gasteiger partial charge in [-0.1, -0.05) is 6.55 Å². The fourth-order valence-electron chi connectivity index (χ4n) is 0.971. The Bertz CT molecular complexity index is 350. The number of hydrogen-bond acceptors (Lipinski definition) is 0. The maximum absolute atomic E-state index is 12.9. The van der Waals surface area contributed by atoms with Gasteiger partial charge < -0.3 is 0 Å². The standard InChI is InChI=1S/C7H4ClF5Si/c1-14(8)7-5(12)3(10)2(9)4(11)6(7)13/h14H,1H3. The lowest BCUT2D eigenvalue weighted by Crippen LogP contribution is -2.31. The Morgan fingerprint density at radius 1 is 0.786 bits per heavy atom. The molecule has 78 valence electrons. The molecule has 0 nitrogen and oxygen atoms in total. The van der Waals surface area contributed by atoms with Crippen molar-refractivity contribution in [2.75, 3.05) is 0 Å². The zero-order chi connectivity index (χ0) is 11.0. The summed E-state index contributed by atoms with van der Waals surface area (Å²) in [4.78, 5) is 0. The van der Waals surface area contributed by atoms with E-state index in [-0.39, 0.29) is 0 Å². The minimum atomic E-state index is -2.61. The minimum Gasteiger partial charge on any atom is -0.204 e. The molecule has 1 unspecified atom stereocenters. The first-order valence-electron chi connectivity index (χ1n) is 3.53. The van der Waals surface area contributed by atoms with Gasteiger partial charge in [0.05, 0.1) is 0 Å². The number of halogens is 6. The Balaban J connectivity index is 3.60. The SMILES string of the molecule is C[SiH](Cl)c1c(F)c(F)c(F)c(F)c1F. The largest absolute Gasteiger partial charge is 0.204 e. The summed E-state index contributed by atoms with van der Waals surface area (Å²) in [5.41, 5.74) is 0. The molecule has 0 heterocycles. The van der Waals surface area contributed by atoms with Crippen molar-refractivity contribution in [2.45, 2.75) is 6.55 Å². The summed E-state index contributed by atoms with van der Waals surface area (Å²) < 4.78 is 63.4. The fourth-order valence-corrected chi connectivity index (χ4v) is 2.50. The molecular weight excluding hydrogens is 243 g/mol. The summed E-state index contributed by atoms with van der Waals surface area (Å²) in [6, 6.07) is 0. The molecule has 1 aromatic rings. The van der Waals surface area contributed by atoms with E-state index >= 15 is 0 Å². The van der Waals surface area contributed by atoms with Crippen LogP contribution >= 0.6 is 11.1 Å². The van der Waals surface area contributed by atoms with Crippen molar-refractivity contribution in [2.24, 2.45) is 0 Å². The molecule has 0 spiro atoms. The first-order chi connectivity index (χ1) is 6.37. The lowest BCUT2D eigenvalue weighted by molar-refractivity contribution is 0.384. The van der Waals surface area contributed by atoms with E-state index < -0.39 is 42.4 Å². The van der Waals surface area contributed by atoms with Crippen molar-refractivity contribution in [1.82, 2.24) is 0 Å². The number of rotatable bonds is 1. The maximum atomic E-state index is 12.9. The van der Waals surface area contributed by atoms with E-state index in [0.717, 1.165) is 0 Å². The van der Waals surface area contributed by atoms with Gasteiger partial charge in [-0.25, -0.2) is 22.0 Å². The fraction of sp³-hybridized carbons (Fsp3) is 0.143. The zero-order valence-electron chi connectivity index (χ0n) is 6.85. The second kappa shape index (κ2) is 3.86. The minimum absolute atomic E-state index is 0.872. The van der Waals surface area contributed by atoms with Crippen LogP contribution in [-0.4, -0.2) is 8.11 Å². The Hall–Kier alpha value is -0.623. The van der Waals surface area contributed by atoms with Crippen molar-refractivity contribution in [3.63, 3.8) is 0 Å². The van der Waals surface area contributed by atoms with Crippen LogP contribution < -0.4 is 5.19 Å². The van der Waals surface area contributed by atoms with Gasteiger partial charge in [-0.05, 0) is 0 Å². The van der Waals surface area contributed by atoms with Gasteiger partial charge in [0.15, 0.2) is 31.4 Å². The van der Waals surface area contributed by atoms with Crippen LogP contribution in [0.15, 0.2) is 0 Å². The van der Waals surface area contributed by atoms with Crippen molar-refractivity contribution in [1.29, 1.82) is 0 Å². The number of hydrogen-bond donors (Lipinski definition) is 0. The Morgan fingerprint density at radius 2 is 1.07 bits per heavy atom. The molecule has 0 radical (unpaired) electrons. The summed E-state index contributed by atoms with van der Waals surface area (Å²) in [6.45, 7) is 1.25. The van der Waals surface area contributed by atoms with E-state index in [9.17, 15) is 22.0 Å². The molecule has 14 heavy (non-hydrogen) atoms. The maximum Gasteiger partial charge on any atom is 0.200 e. The van der Waals surface area contributed by atoms with Gasteiger partial charge in [0, 0.05) is 5.19 Å². The Labute approximate surface area is 82.6 Å². The predicted molar refractivity (Wildman–Crippen MR) is 44.7 cm³/mol. The van der Waals surface area contributed by atoms with Crippen LogP contribution in [0.5, 0.6) is 0 Å². The third-order valence-electron chi connectivity index (χ3n) is 1.64. The zero-order valence-corrected chi connectivity index (χ0v) is 8.76. The van der Waals surface area contributed by atoms with E-state index in [1.54, 1.807) is 0 Å². The quantitative estimate of drug-likeness (QED) is 0.234. The molecule has 0 N–H and O–H groups in total. The highest BCUT2D eigenvalue weighted by Gasteiger charge is 2.28. The van der Waals surface area contributed by atoms with E-state index in [4.69, 9.17) is 11.1 Å². The highest BCUT2D eigenvalue weighted by Crippen LogP contribution is 2.17. The van der Waals surface area contributed by atoms with Crippen LogP contribution in [0.4, 0.5) is 22.0 Å². The molecule has 0 bridgehead atoms. The Morgan fingerprint density at radius 3 is 1.36 bits per heavy atom. The molecule has 0 aliphatic heterocycles. The molecular formula is C7H4ClF5Si. The van der Waals surface area contributed by atoms with Gasteiger partial charge >= 0.3 is 0 Å². The Kier molecular flexibility index (Phi) is 3.16. The van der Waals surface area contributed by atoms with E-state index in [2.05, 4.69) is 0 Å². The smallest absolute Gasteiger partial charge is 0.200 e. The summed E-state index contributed by atoms with van der Waals surface area (Å²) in [5.74, 6) is -9.70. The lowest BCUT2D eigenvalue weighted by Gasteiger charge is -2.08. The van der Waals surface area contributed by atoms with Crippen molar-refractivity contribution < 1.29 is 22.0 Å². The monoisotopic (exact) mass is 246 g/mol. The predicted octanol–water partition coefficient (Wildman–Crippen LogP) is 2.18. The molecule has 1 atom stereocenters. The van der Waals surface area contributed by atoms with Gasteiger partial charge in [-0.3, -0.25) is 0 Å². The summed E-state index contributed by atoms with van der Waals surface area (Å²) in [7, 11) is -2.61. The van der Waals surface area contributed by atoms with E-state index in [1.165, 1.54) is 6.55 Å². The third-order valence-corrected chi connectivity index (χ3v) is 3.60. The first kappa shape index (κ1) is 11.5. The molecule has 1 rings (SSSR count). The van der Waals surface area contributed by atoms with Gasteiger partial charge in [-0.2, -0.15) is 11.1 Å². The van der Waals surface area contributed by atoms with E-state index in [1.807, 2.05) is 0 Å². The van der Waals surface area contributed by atoms with E-state index in [0.29, 0.717) is 0 Å². The molecule has 0 amide bonds. The van der Waals surface area contributed by atoms with Crippen molar-refractivity contribution >= 4 is 24.4 Å². The molecule has 0 aliphatic carbocycles.